The second-order valence-corrected chi connectivity index (χ2v) is 7.47. The van der Waals surface area contributed by atoms with Gasteiger partial charge in [0.2, 0.25) is 5.91 Å². The van der Waals surface area contributed by atoms with Crippen LogP contribution in [-0.4, -0.2) is 41.9 Å². The number of carbonyl (C=O) groups is 4. The number of halogens is 4. The Morgan fingerprint density at radius 1 is 1.12 bits per heavy atom. The Labute approximate surface area is 190 Å². The Balaban J connectivity index is 1.51. The van der Waals surface area contributed by atoms with Gasteiger partial charge in [0.05, 0.1) is 28.7 Å². The van der Waals surface area contributed by atoms with Crippen molar-refractivity contribution in [1.82, 2.24) is 10.4 Å². The molecular weight excluding hydrogens is 467 g/mol. The molecule has 0 aliphatic carbocycles. The fourth-order valence-corrected chi connectivity index (χ4v) is 3.15. The van der Waals surface area contributed by atoms with Crippen molar-refractivity contribution in [3.05, 3.63) is 64.7 Å². The maximum absolute atomic E-state index is 12.8. The second kappa shape index (κ2) is 9.90. The summed E-state index contributed by atoms with van der Waals surface area (Å²) in [6, 6.07) is 10.5. The van der Waals surface area contributed by atoms with Gasteiger partial charge < -0.3 is 10.1 Å². The topological polar surface area (TPSA) is 105 Å². The van der Waals surface area contributed by atoms with Crippen molar-refractivity contribution in [3.8, 4) is 0 Å². The smallest absolute Gasteiger partial charge is 0.416 e. The fraction of sp³-hybridized carbons (Fsp3) is 0.238. The van der Waals surface area contributed by atoms with Crippen molar-refractivity contribution < 1.29 is 37.1 Å². The Kier molecular flexibility index (Phi) is 7.22. The van der Waals surface area contributed by atoms with Crippen LogP contribution in [0.4, 0.5) is 18.9 Å². The summed E-state index contributed by atoms with van der Waals surface area (Å²) in [4.78, 5) is 48.5. The van der Waals surface area contributed by atoms with Crippen molar-refractivity contribution >= 4 is 41.0 Å². The lowest BCUT2D eigenvalue weighted by molar-refractivity contribution is -0.151. The summed E-state index contributed by atoms with van der Waals surface area (Å²) in [5.41, 5.74) is 1.42. The zero-order valence-electron chi connectivity index (χ0n) is 16.8. The molecule has 174 valence electrons. The Hall–Kier alpha value is -3.60. The molecule has 1 aliphatic rings. The highest BCUT2D eigenvalue weighted by atomic mass is 35.5. The van der Waals surface area contributed by atoms with Crippen molar-refractivity contribution in [2.45, 2.75) is 12.6 Å². The van der Waals surface area contributed by atoms with Crippen LogP contribution in [-0.2, 0) is 25.3 Å². The lowest BCUT2D eigenvalue weighted by Gasteiger charge is -2.17. The second-order valence-electron chi connectivity index (χ2n) is 7.06. The molecule has 1 atom stereocenters. The van der Waals surface area contributed by atoms with Crippen molar-refractivity contribution in [1.29, 1.82) is 0 Å². The quantitative estimate of drug-likeness (QED) is 0.615. The molecule has 3 rings (SSSR count). The number of ether oxygens (including phenoxy) is 1. The van der Waals surface area contributed by atoms with E-state index in [2.05, 4.69) is 10.7 Å². The van der Waals surface area contributed by atoms with E-state index < -0.39 is 48.0 Å². The lowest BCUT2D eigenvalue weighted by Crippen LogP contribution is -2.43. The fourth-order valence-electron chi connectivity index (χ4n) is 2.99. The molecule has 2 N–H and O–H groups in total. The molecule has 0 saturated carbocycles. The number of carbonyl (C=O) groups excluding carboxylic acids is 4. The van der Waals surface area contributed by atoms with Crippen molar-refractivity contribution in [3.63, 3.8) is 0 Å². The van der Waals surface area contributed by atoms with Crippen LogP contribution in [0, 0.1) is 5.92 Å². The number of hydrogen-bond acceptors (Lipinski definition) is 5. The molecule has 2 aromatic carbocycles. The van der Waals surface area contributed by atoms with E-state index in [0.717, 1.165) is 17.1 Å². The number of alkyl halides is 3. The van der Waals surface area contributed by atoms with E-state index in [1.807, 2.05) is 0 Å². The first kappa shape index (κ1) is 24.1. The third-order valence-electron chi connectivity index (χ3n) is 4.64. The normalized spacial score (nSPS) is 15.8. The van der Waals surface area contributed by atoms with Gasteiger partial charge in [0, 0.05) is 12.0 Å². The highest BCUT2D eigenvalue weighted by molar-refractivity contribution is 6.33. The van der Waals surface area contributed by atoms with Crippen molar-refractivity contribution in [2.75, 3.05) is 18.5 Å². The third kappa shape index (κ3) is 6.22. The van der Waals surface area contributed by atoms with E-state index in [-0.39, 0.29) is 23.7 Å². The van der Waals surface area contributed by atoms with Crippen LogP contribution in [0.2, 0.25) is 5.02 Å². The van der Waals surface area contributed by atoms with E-state index in [0.29, 0.717) is 11.6 Å². The van der Waals surface area contributed by atoms with E-state index in [1.54, 1.807) is 30.3 Å². The Morgan fingerprint density at radius 2 is 1.82 bits per heavy atom. The van der Waals surface area contributed by atoms with Crippen LogP contribution in [0.5, 0.6) is 0 Å². The minimum Gasteiger partial charge on any atom is -0.455 e. The zero-order chi connectivity index (χ0) is 24.2. The number of amides is 3. The Morgan fingerprint density at radius 3 is 2.48 bits per heavy atom. The van der Waals surface area contributed by atoms with E-state index in [4.69, 9.17) is 16.3 Å². The van der Waals surface area contributed by atoms with Gasteiger partial charge in [-0.3, -0.25) is 29.6 Å². The third-order valence-corrected chi connectivity index (χ3v) is 4.97. The number of nitrogens with zero attached hydrogens (tertiary/aromatic N) is 1. The molecule has 8 nitrogen and oxygen atoms in total. The van der Waals surface area contributed by atoms with Gasteiger partial charge in [-0.05, 0) is 30.3 Å². The molecule has 1 saturated heterocycles. The average molecular weight is 484 g/mol. The van der Waals surface area contributed by atoms with Gasteiger partial charge in [0.1, 0.15) is 0 Å². The predicted molar refractivity (Wildman–Crippen MR) is 110 cm³/mol. The molecule has 33 heavy (non-hydrogen) atoms. The van der Waals surface area contributed by atoms with Crippen molar-refractivity contribution in [2.24, 2.45) is 5.92 Å². The zero-order valence-corrected chi connectivity index (χ0v) is 17.6. The molecule has 0 radical (unpaired) electrons. The molecule has 0 bridgehead atoms. The summed E-state index contributed by atoms with van der Waals surface area (Å²) < 4.78 is 43.3. The van der Waals surface area contributed by atoms with Gasteiger partial charge in [0.15, 0.2) is 6.61 Å². The molecule has 1 heterocycles. The number of nitrogens with one attached hydrogen (secondary N) is 2. The molecule has 1 aliphatic heterocycles. The maximum Gasteiger partial charge on any atom is 0.416 e. The summed E-state index contributed by atoms with van der Waals surface area (Å²) >= 11 is 5.81. The molecule has 0 unspecified atom stereocenters. The molecule has 0 spiro atoms. The van der Waals surface area contributed by atoms with Crippen LogP contribution >= 0.6 is 11.6 Å². The number of anilines is 1. The van der Waals surface area contributed by atoms with E-state index in [9.17, 15) is 32.3 Å². The lowest BCUT2D eigenvalue weighted by atomic mass is 10.1. The number of rotatable bonds is 6. The summed E-state index contributed by atoms with van der Waals surface area (Å²) in [7, 11) is 0. The summed E-state index contributed by atoms with van der Waals surface area (Å²) in [6.07, 6.45) is -4.87. The first-order valence-corrected chi connectivity index (χ1v) is 9.92. The van der Waals surface area contributed by atoms with Gasteiger partial charge in [-0.25, -0.2) is 0 Å². The van der Waals surface area contributed by atoms with Gasteiger partial charge in [-0.1, -0.05) is 29.8 Å². The van der Waals surface area contributed by atoms with E-state index in [1.165, 1.54) is 0 Å². The standard InChI is InChI=1S/C21H17ClF3N3O5/c22-15-7-6-14(21(23,24)25)9-16(15)26-17(29)11-33-20(32)13-8-18(30)28(10-13)27-19(31)12-4-2-1-3-5-12/h1-7,9,13H,8,10-11H2,(H,26,29)(H,27,31)/t13-/m0/s1. The molecule has 0 aromatic heterocycles. The molecule has 3 amide bonds. The summed E-state index contributed by atoms with van der Waals surface area (Å²) in [5, 5.41) is 3.01. The predicted octanol–water partition coefficient (Wildman–Crippen LogP) is 3.03. The highest BCUT2D eigenvalue weighted by Gasteiger charge is 2.37. The maximum atomic E-state index is 12.8. The largest absolute Gasteiger partial charge is 0.455 e. The first-order chi connectivity index (χ1) is 15.5. The summed E-state index contributed by atoms with van der Waals surface area (Å²) in [6.45, 7) is -0.955. The summed E-state index contributed by atoms with van der Waals surface area (Å²) in [5.74, 6) is -3.76. The first-order valence-electron chi connectivity index (χ1n) is 9.54. The average Bonchev–Trinajstić information content (AvgIpc) is 3.13. The SMILES string of the molecule is O=C(COC(=O)[C@H]1CC(=O)N(NC(=O)c2ccccc2)C1)Nc1cc(C(F)(F)F)ccc1Cl. The van der Waals surface area contributed by atoms with Gasteiger partial charge >= 0.3 is 12.1 Å². The van der Waals surface area contributed by atoms with Gasteiger partial charge in [0.25, 0.3) is 11.8 Å². The molecule has 1 fully saturated rings. The van der Waals surface area contributed by atoms with Gasteiger partial charge in [-0.2, -0.15) is 13.2 Å². The van der Waals surface area contributed by atoms with Gasteiger partial charge in [-0.15, -0.1) is 0 Å². The Bertz CT molecular complexity index is 1080. The van der Waals surface area contributed by atoms with Crippen LogP contribution in [0.25, 0.3) is 0 Å². The minimum atomic E-state index is -4.63. The molecule has 2 aromatic rings. The molecule has 12 heteroatoms. The number of hydrazine groups is 1. The number of esters is 1. The van der Waals surface area contributed by atoms with Crippen LogP contribution in [0.15, 0.2) is 48.5 Å². The number of benzene rings is 2. The number of hydrogen-bond donors (Lipinski definition) is 2. The van der Waals surface area contributed by atoms with Crippen LogP contribution in [0.3, 0.4) is 0 Å². The monoisotopic (exact) mass is 483 g/mol. The molecular formula is C21H17ClF3N3O5. The minimum absolute atomic E-state index is 0.131. The highest BCUT2D eigenvalue weighted by Crippen LogP contribution is 2.33. The van der Waals surface area contributed by atoms with Crippen LogP contribution < -0.4 is 10.7 Å². The van der Waals surface area contributed by atoms with E-state index >= 15 is 0 Å². The van der Waals surface area contributed by atoms with Crippen LogP contribution in [0.1, 0.15) is 22.3 Å².